The lowest BCUT2D eigenvalue weighted by atomic mass is 10.1. The summed E-state index contributed by atoms with van der Waals surface area (Å²) in [6.45, 7) is 6.14. The van der Waals surface area contributed by atoms with Gasteiger partial charge in [-0.05, 0) is 32.1 Å². The number of aliphatic hydroxyl groups excluding tert-OH is 1. The monoisotopic (exact) mass is 200 g/mol. The highest BCUT2D eigenvalue weighted by Crippen LogP contribution is 2.09. The quantitative estimate of drug-likeness (QED) is 0.640. The summed E-state index contributed by atoms with van der Waals surface area (Å²) in [5.74, 6) is 0.601. The number of allylic oxidation sites excluding steroid dienone is 1. The van der Waals surface area contributed by atoms with Gasteiger partial charge in [0.25, 0.3) is 0 Å². The van der Waals surface area contributed by atoms with E-state index in [1.54, 1.807) is 7.11 Å². The van der Waals surface area contributed by atoms with Crippen molar-refractivity contribution >= 4 is 0 Å². The lowest BCUT2D eigenvalue weighted by molar-refractivity contribution is 0.0788. The maximum absolute atomic E-state index is 9.14. The molecule has 2 heteroatoms. The topological polar surface area (TPSA) is 29.5 Å². The molecule has 2 unspecified atom stereocenters. The Morgan fingerprint density at radius 2 is 1.86 bits per heavy atom. The number of hydrogen-bond donors (Lipinski definition) is 1. The molecule has 0 rings (SSSR count). The number of methoxy groups -OCH3 is 1. The van der Waals surface area contributed by atoms with Crippen LogP contribution in [-0.4, -0.2) is 24.4 Å². The SMILES string of the molecule is COC(CC=CC(C)C)CCC(C)O. The van der Waals surface area contributed by atoms with Crippen molar-refractivity contribution in [2.45, 2.75) is 52.2 Å². The van der Waals surface area contributed by atoms with Gasteiger partial charge in [-0.25, -0.2) is 0 Å². The van der Waals surface area contributed by atoms with Gasteiger partial charge in [0.05, 0.1) is 12.2 Å². The third-order valence-corrected chi connectivity index (χ3v) is 2.16. The van der Waals surface area contributed by atoms with Gasteiger partial charge in [0.15, 0.2) is 0 Å². The van der Waals surface area contributed by atoms with Crippen LogP contribution in [0.3, 0.4) is 0 Å². The van der Waals surface area contributed by atoms with Crippen LogP contribution in [0.1, 0.15) is 40.0 Å². The highest BCUT2D eigenvalue weighted by Gasteiger charge is 2.06. The van der Waals surface area contributed by atoms with E-state index in [1.807, 2.05) is 6.92 Å². The van der Waals surface area contributed by atoms with Crippen molar-refractivity contribution in [1.29, 1.82) is 0 Å². The minimum atomic E-state index is -0.221. The Hall–Kier alpha value is -0.340. The van der Waals surface area contributed by atoms with Crippen molar-refractivity contribution < 1.29 is 9.84 Å². The Morgan fingerprint density at radius 3 is 2.29 bits per heavy atom. The summed E-state index contributed by atoms with van der Waals surface area (Å²) in [6.07, 6.45) is 7.07. The minimum Gasteiger partial charge on any atom is -0.393 e. The Bertz CT molecular complexity index is 150. The molecule has 2 nitrogen and oxygen atoms in total. The van der Waals surface area contributed by atoms with Crippen LogP contribution in [0.4, 0.5) is 0 Å². The standard InChI is InChI=1S/C12H24O2/c1-10(2)6-5-7-12(14-4)9-8-11(3)13/h5-6,10-13H,7-9H2,1-4H3. The van der Waals surface area contributed by atoms with Crippen molar-refractivity contribution in [3.63, 3.8) is 0 Å². The summed E-state index contributed by atoms with van der Waals surface area (Å²) >= 11 is 0. The number of rotatable bonds is 7. The molecular weight excluding hydrogens is 176 g/mol. The van der Waals surface area contributed by atoms with E-state index in [0.29, 0.717) is 5.92 Å². The molecular formula is C12H24O2. The van der Waals surface area contributed by atoms with Gasteiger partial charge >= 0.3 is 0 Å². The first-order chi connectivity index (χ1) is 6.56. The average molecular weight is 200 g/mol. The molecule has 0 saturated carbocycles. The van der Waals surface area contributed by atoms with E-state index in [4.69, 9.17) is 9.84 Å². The molecule has 0 aliphatic carbocycles. The number of ether oxygens (including phenoxy) is 1. The maximum atomic E-state index is 9.14. The molecule has 0 aliphatic heterocycles. The molecule has 0 saturated heterocycles. The van der Waals surface area contributed by atoms with Crippen LogP contribution in [-0.2, 0) is 4.74 Å². The first kappa shape index (κ1) is 13.7. The van der Waals surface area contributed by atoms with Gasteiger partial charge in [0.2, 0.25) is 0 Å². The van der Waals surface area contributed by atoms with Crippen molar-refractivity contribution in [3.8, 4) is 0 Å². The van der Waals surface area contributed by atoms with Gasteiger partial charge < -0.3 is 9.84 Å². The van der Waals surface area contributed by atoms with Crippen LogP contribution in [0.2, 0.25) is 0 Å². The molecule has 14 heavy (non-hydrogen) atoms. The normalized spacial score (nSPS) is 16.4. The van der Waals surface area contributed by atoms with Crippen LogP contribution in [0.15, 0.2) is 12.2 Å². The Morgan fingerprint density at radius 1 is 1.21 bits per heavy atom. The molecule has 0 aromatic carbocycles. The number of aliphatic hydroxyl groups is 1. The molecule has 84 valence electrons. The zero-order valence-corrected chi connectivity index (χ0v) is 9.86. The smallest absolute Gasteiger partial charge is 0.0606 e. The zero-order valence-electron chi connectivity index (χ0n) is 9.86. The predicted molar refractivity (Wildman–Crippen MR) is 60.3 cm³/mol. The Balaban J connectivity index is 3.68. The van der Waals surface area contributed by atoms with Crippen LogP contribution in [0, 0.1) is 5.92 Å². The lowest BCUT2D eigenvalue weighted by Gasteiger charge is -2.14. The molecule has 0 aliphatic rings. The Kier molecular flexibility index (Phi) is 7.81. The van der Waals surface area contributed by atoms with Crippen LogP contribution in [0.25, 0.3) is 0 Å². The lowest BCUT2D eigenvalue weighted by Crippen LogP contribution is -2.12. The summed E-state index contributed by atoms with van der Waals surface area (Å²) in [5.41, 5.74) is 0. The second-order valence-electron chi connectivity index (χ2n) is 4.19. The van der Waals surface area contributed by atoms with Gasteiger partial charge in [-0.3, -0.25) is 0 Å². The maximum Gasteiger partial charge on any atom is 0.0606 e. The second-order valence-corrected chi connectivity index (χ2v) is 4.19. The van der Waals surface area contributed by atoms with Crippen LogP contribution in [0.5, 0.6) is 0 Å². The summed E-state index contributed by atoms with van der Waals surface area (Å²) < 4.78 is 5.32. The fraction of sp³-hybridized carbons (Fsp3) is 0.833. The molecule has 0 fully saturated rings. The zero-order chi connectivity index (χ0) is 11.0. The number of hydrogen-bond acceptors (Lipinski definition) is 2. The minimum absolute atomic E-state index is 0.221. The van der Waals surface area contributed by atoms with Crippen molar-refractivity contribution in [1.82, 2.24) is 0 Å². The van der Waals surface area contributed by atoms with Gasteiger partial charge in [0.1, 0.15) is 0 Å². The molecule has 0 spiro atoms. The molecule has 0 radical (unpaired) electrons. The largest absolute Gasteiger partial charge is 0.393 e. The second kappa shape index (κ2) is 8.01. The van der Waals surface area contributed by atoms with E-state index < -0.39 is 0 Å². The summed E-state index contributed by atoms with van der Waals surface area (Å²) in [4.78, 5) is 0. The van der Waals surface area contributed by atoms with Gasteiger partial charge in [-0.15, -0.1) is 0 Å². The van der Waals surface area contributed by atoms with E-state index in [1.165, 1.54) is 0 Å². The van der Waals surface area contributed by atoms with Crippen molar-refractivity contribution in [3.05, 3.63) is 12.2 Å². The molecule has 0 aromatic heterocycles. The average Bonchev–Trinajstić information content (AvgIpc) is 2.10. The van der Waals surface area contributed by atoms with Gasteiger partial charge in [-0.2, -0.15) is 0 Å². The fourth-order valence-electron chi connectivity index (χ4n) is 1.26. The molecule has 0 amide bonds. The summed E-state index contributed by atoms with van der Waals surface area (Å²) in [6, 6.07) is 0. The molecule has 2 atom stereocenters. The highest BCUT2D eigenvalue weighted by atomic mass is 16.5. The first-order valence-corrected chi connectivity index (χ1v) is 5.43. The van der Waals surface area contributed by atoms with Crippen molar-refractivity contribution in [2.75, 3.05) is 7.11 Å². The highest BCUT2D eigenvalue weighted by molar-refractivity contribution is 4.86. The van der Waals surface area contributed by atoms with Crippen LogP contribution < -0.4 is 0 Å². The van der Waals surface area contributed by atoms with E-state index in [-0.39, 0.29) is 12.2 Å². The van der Waals surface area contributed by atoms with E-state index in [2.05, 4.69) is 26.0 Å². The summed E-state index contributed by atoms with van der Waals surface area (Å²) in [7, 11) is 1.73. The van der Waals surface area contributed by atoms with E-state index >= 15 is 0 Å². The fourth-order valence-corrected chi connectivity index (χ4v) is 1.26. The molecule has 0 heterocycles. The van der Waals surface area contributed by atoms with Crippen LogP contribution >= 0.6 is 0 Å². The van der Waals surface area contributed by atoms with Gasteiger partial charge in [0, 0.05) is 7.11 Å². The molecule has 1 N–H and O–H groups in total. The first-order valence-electron chi connectivity index (χ1n) is 5.43. The van der Waals surface area contributed by atoms with Crippen molar-refractivity contribution in [2.24, 2.45) is 5.92 Å². The molecule has 0 aromatic rings. The third-order valence-electron chi connectivity index (χ3n) is 2.16. The molecule has 0 bridgehead atoms. The summed E-state index contributed by atoms with van der Waals surface area (Å²) in [5, 5.41) is 9.14. The van der Waals surface area contributed by atoms with E-state index in [9.17, 15) is 0 Å². The van der Waals surface area contributed by atoms with E-state index in [0.717, 1.165) is 19.3 Å². The predicted octanol–water partition coefficient (Wildman–Crippen LogP) is 2.76. The van der Waals surface area contributed by atoms with Gasteiger partial charge in [-0.1, -0.05) is 26.0 Å². The third kappa shape index (κ3) is 8.27. The Labute approximate surface area is 88.0 Å².